The monoisotopic (exact) mass is 240 g/mol. The Morgan fingerprint density at radius 2 is 2.12 bits per heavy atom. The highest BCUT2D eigenvalue weighted by molar-refractivity contribution is 7.12. The fraction of sp³-hybridized carbons (Fsp3) is 0.455. The van der Waals surface area contributed by atoms with Gasteiger partial charge in [-0.2, -0.15) is 0 Å². The van der Waals surface area contributed by atoms with Crippen molar-refractivity contribution in [3.8, 4) is 0 Å². The lowest BCUT2D eigenvalue weighted by Crippen LogP contribution is -2.43. The average Bonchev–Trinajstić information content (AvgIpc) is 2.78. The molecule has 88 valence electrons. The maximum atomic E-state index is 11.6. The van der Waals surface area contributed by atoms with Crippen molar-refractivity contribution in [2.24, 2.45) is 5.41 Å². The molecule has 0 bridgehead atoms. The highest BCUT2D eigenvalue weighted by Gasteiger charge is 2.27. The minimum Gasteiger partial charge on any atom is -0.359 e. The van der Waals surface area contributed by atoms with Crippen LogP contribution in [-0.4, -0.2) is 25.4 Å². The van der Waals surface area contributed by atoms with E-state index in [4.69, 9.17) is 0 Å². The molecule has 1 aromatic rings. The summed E-state index contributed by atoms with van der Waals surface area (Å²) in [6.45, 7) is 3.91. The Bertz CT molecular complexity index is 371. The molecule has 0 spiro atoms. The van der Waals surface area contributed by atoms with E-state index in [1.54, 1.807) is 27.0 Å². The van der Waals surface area contributed by atoms with Crippen molar-refractivity contribution < 1.29 is 9.59 Å². The van der Waals surface area contributed by atoms with Gasteiger partial charge in [-0.05, 0) is 25.3 Å². The molecule has 0 unspecified atom stereocenters. The maximum Gasteiger partial charge on any atom is 0.261 e. The van der Waals surface area contributed by atoms with E-state index in [9.17, 15) is 9.59 Å². The van der Waals surface area contributed by atoms with Crippen LogP contribution in [0.15, 0.2) is 17.5 Å². The van der Waals surface area contributed by atoms with E-state index in [0.29, 0.717) is 11.4 Å². The third-order valence-corrected chi connectivity index (χ3v) is 3.15. The van der Waals surface area contributed by atoms with Crippen LogP contribution in [0.2, 0.25) is 0 Å². The highest BCUT2D eigenvalue weighted by atomic mass is 32.1. The Labute approximate surface area is 99.0 Å². The quantitative estimate of drug-likeness (QED) is 0.832. The van der Waals surface area contributed by atoms with Gasteiger partial charge < -0.3 is 10.6 Å². The molecule has 0 saturated heterocycles. The lowest BCUT2D eigenvalue weighted by atomic mass is 9.92. The molecule has 0 fully saturated rings. The van der Waals surface area contributed by atoms with E-state index < -0.39 is 5.41 Å². The molecule has 1 aromatic heterocycles. The largest absolute Gasteiger partial charge is 0.359 e. The molecule has 4 nitrogen and oxygen atoms in total. The van der Waals surface area contributed by atoms with Crippen molar-refractivity contribution in [2.45, 2.75) is 13.8 Å². The van der Waals surface area contributed by atoms with Crippen LogP contribution in [0, 0.1) is 5.41 Å². The zero-order valence-electron chi connectivity index (χ0n) is 9.66. The summed E-state index contributed by atoms with van der Waals surface area (Å²) in [5, 5.41) is 7.17. The van der Waals surface area contributed by atoms with Crippen molar-refractivity contribution in [1.29, 1.82) is 0 Å². The van der Waals surface area contributed by atoms with Crippen LogP contribution in [0.4, 0.5) is 0 Å². The van der Waals surface area contributed by atoms with Gasteiger partial charge in [-0.3, -0.25) is 9.59 Å². The lowest BCUT2D eigenvalue weighted by molar-refractivity contribution is -0.128. The predicted molar refractivity (Wildman–Crippen MR) is 64.5 cm³/mol. The van der Waals surface area contributed by atoms with Gasteiger partial charge in [0.15, 0.2) is 0 Å². The van der Waals surface area contributed by atoms with Crippen LogP contribution < -0.4 is 10.6 Å². The summed E-state index contributed by atoms with van der Waals surface area (Å²) in [7, 11) is 1.59. The third-order valence-electron chi connectivity index (χ3n) is 2.28. The van der Waals surface area contributed by atoms with Crippen molar-refractivity contribution in [3.63, 3.8) is 0 Å². The second-order valence-electron chi connectivity index (χ2n) is 4.12. The van der Waals surface area contributed by atoms with Crippen LogP contribution in [0.3, 0.4) is 0 Å². The summed E-state index contributed by atoms with van der Waals surface area (Å²) in [5.74, 6) is -0.217. The Morgan fingerprint density at radius 3 is 2.62 bits per heavy atom. The molecule has 0 saturated carbocycles. The minimum absolute atomic E-state index is 0.0843. The van der Waals surface area contributed by atoms with Gasteiger partial charge in [0.2, 0.25) is 5.91 Å². The van der Waals surface area contributed by atoms with E-state index in [2.05, 4.69) is 10.6 Å². The van der Waals surface area contributed by atoms with Crippen molar-refractivity contribution in [3.05, 3.63) is 22.4 Å². The average molecular weight is 240 g/mol. The molecule has 0 aliphatic carbocycles. The number of hydrogen-bond donors (Lipinski definition) is 2. The second-order valence-corrected chi connectivity index (χ2v) is 5.07. The summed E-state index contributed by atoms with van der Waals surface area (Å²) < 4.78 is 0. The first-order valence-corrected chi connectivity index (χ1v) is 5.89. The molecule has 5 heteroatoms. The summed E-state index contributed by atoms with van der Waals surface area (Å²) in [6, 6.07) is 3.58. The van der Waals surface area contributed by atoms with E-state index in [0.717, 1.165) is 0 Å². The molecule has 0 aliphatic rings. The fourth-order valence-electron chi connectivity index (χ4n) is 1.21. The Kier molecular flexibility index (Phi) is 4.06. The topological polar surface area (TPSA) is 58.2 Å². The highest BCUT2D eigenvalue weighted by Crippen LogP contribution is 2.14. The number of carbonyl (C=O) groups is 2. The van der Waals surface area contributed by atoms with Crippen molar-refractivity contribution in [1.82, 2.24) is 10.6 Å². The number of nitrogens with one attached hydrogen (secondary N) is 2. The maximum absolute atomic E-state index is 11.6. The molecule has 0 atom stereocenters. The second kappa shape index (κ2) is 5.12. The van der Waals surface area contributed by atoms with Crippen LogP contribution >= 0.6 is 11.3 Å². The fourth-order valence-corrected chi connectivity index (χ4v) is 1.85. The summed E-state index contributed by atoms with van der Waals surface area (Å²) in [5.41, 5.74) is -0.596. The molecular weight excluding hydrogens is 224 g/mol. The van der Waals surface area contributed by atoms with Crippen molar-refractivity contribution >= 4 is 23.2 Å². The zero-order chi connectivity index (χ0) is 12.2. The van der Waals surface area contributed by atoms with Crippen molar-refractivity contribution in [2.75, 3.05) is 13.6 Å². The van der Waals surface area contributed by atoms with Crippen LogP contribution in [0.1, 0.15) is 23.5 Å². The molecule has 0 aliphatic heterocycles. The smallest absolute Gasteiger partial charge is 0.261 e. The van der Waals surface area contributed by atoms with Gasteiger partial charge in [-0.15, -0.1) is 11.3 Å². The van der Waals surface area contributed by atoms with Gasteiger partial charge in [0.05, 0.1) is 10.3 Å². The van der Waals surface area contributed by atoms with Gasteiger partial charge in [-0.1, -0.05) is 6.07 Å². The Hall–Kier alpha value is -1.36. The molecule has 0 aromatic carbocycles. The van der Waals surface area contributed by atoms with E-state index in [1.165, 1.54) is 11.3 Å². The zero-order valence-corrected chi connectivity index (χ0v) is 10.5. The number of amides is 2. The minimum atomic E-state index is -0.596. The van der Waals surface area contributed by atoms with Gasteiger partial charge in [0.25, 0.3) is 5.91 Å². The van der Waals surface area contributed by atoms with E-state index in [1.807, 2.05) is 11.4 Å². The summed E-state index contributed by atoms with van der Waals surface area (Å²) in [6.07, 6.45) is 0. The van der Waals surface area contributed by atoms with E-state index in [-0.39, 0.29) is 11.8 Å². The van der Waals surface area contributed by atoms with Gasteiger partial charge >= 0.3 is 0 Å². The summed E-state index contributed by atoms with van der Waals surface area (Å²) >= 11 is 1.38. The molecule has 2 amide bonds. The molecule has 0 radical (unpaired) electrons. The molecule has 1 rings (SSSR count). The van der Waals surface area contributed by atoms with Crippen LogP contribution in [0.25, 0.3) is 0 Å². The summed E-state index contributed by atoms with van der Waals surface area (Å²) in [4.78, 5) is 23.8. The number of thiophene rings is 1. The van der Waals surface area contributed by atoms with Crippen LogP contribution in [0.5, 0.6) is 0 Å². The first kappa shape index (κ1) is 12.7. The molecule has 16 heavy (non-hydrogen) atoms. The SMILES string of the molecule is CNC(=O)C(C)(C)CNC(=O)c1cccs1. The van der Waals surface area contributed by atoms with Gasteiger partial charge in [0, 0.05) is 13.6 Å². The normalized spacial score (nSPS) is 10.9. The Morgan fingerprint density at radius 1 is 1.44 bits per heavy atom. The Balaban J connectivity index is 2.52. The number of rotatable bonds is 4. The van der Waals surface area contributed by atoms with Gasteiger partial charge in [-0.25, -0.2) is 0 Å². The van der Waals surface area contributed by atoms with E-state index >= 15 is 0 Å². The van der Waals surface area contributed by atoms with Crippen LogP contribution in [-0.2, 0) is 4.79 Å². The van der Waals surface area contributed by atoms with Gasteiger partial charge in [0.1, 0.15) is 0 Å². The lowest BCUT2D eigenvalue weighted by Gasteiger charge is -2.22. The number of carbonyl (C=O) groups excluding carboxylic acids is 2. The molecule has 1 heterocycles. The molecule has 2 N–H and O–H groups in total. The third kappa shape index (κ3) is 3.06. The number of hydrogen-bond acceptors (Lipinski definition) is 3. The molecular formula is C11H16N2O2S. The predicted octanol–water partition coefficient (Wildman–Crippen LogP) is 1.25. The standard InChI is InChI=1S/C11H16N2O2S/c1-11(2,10(15)12-3)7-13-9(14)8-5-4-6-16-8/h4-6H,7H2,1-3H3,(H,12,15)(H,13,14). The first-order chi connectivity index (χ1) is 7.47. The first-order valence-electron chi connectivity index (χ1n) is 5.01.